The smallest absolute Gasteiger partial charge is 0.347 e. The predicted octanol–water partition coefficient (Wildman–Crippen LogP) is -0.549. The lowest BCUT2D eigenvalue weighted by Crippen LogP contribution is -2.37. The quantitative estimate of drug-likeness (QED) is 0.355. The van der Waals surface area contributed by atoms with Crippen LogP contribution >= 0.6 is 0 Å². The van der Waals surface area contributed by atoms with Gasteiger partial charge in [-0.3, -0.25) is 9.59 Å². The van der Waals surface area contributed by atoms with Crippen molar-refractivity contribution in [2.24, 2.45) is 5.16 Å². The third-order valence-electron chi connectivity index (χ3n) is 2.66. The van der Waals surface area contributed by atoms with Crippen LogP contribution in [-0.4, -0.2) is 57.9 Å². The van der Waals surface area contributed by atoms with Crippen molar-refractivity contribution in [1.29, 1.82) is 0 Å². The van der Waals surface area contributed by atoms with Gasteiger partial charge >= 0.3 is 5.97 Å². The van der Waals surface area contributed by atoms with Crippen molar-refractivity contribution in [1.82, 2.24) is 10.6 Å². The largest absolute Gasteiger partial charge is 0.497 e. The monoisotopic (exact) mass is 337 g/mol. The maximum absolute atomic E-state index is 11.3. The highest BCUT2D eigenvalue weighted by atomic mass is 16.7. The van der Waals surface area contributed by atoms with Gasteiger partial charge in [-0.25, -0.2) is 4.79 Å². The van der Waals surface area contributed by atoms with E-state index in [0.717, 1.165) is 5.56 Å². The molecular weight excluding hydrogens is 318 g/mol. The van der Waals surface area contributed by atoms with Crippen molar-refractivity contribution in [3.8, 4) is 5.75 Å². The van der Waals surface area contributed by atoms with E-state index in [0.29, 0.717) is 5.75 Å². The molecule has 0 saturated heterocycles. The number of nitrogens with one attached hydrogen (secondary N) is 2. The number of likely N-dealkylation sites (N-methyl/N-ethyl adjacent to an activating group) is 1. The van der Waals surface area contributed by atoms with Gasteiger partial charge in [0.25, 0.3) is 5.91 Å². The van der Waals surface area contributed by atoms with E-state index in [1.807, 2.05) is 0 Å². The zero-order valence-electron chi connectivity index (χ0n) is 13.4. The number of amides is 2. The number of hydrogen-bond acceptors (Lipinski definition) is 7. The first kappa shape index (κ1) is 18.9. The fourth-order valence-corrected chi connectivity index (χ4v) is 1.38. The Morgan fingerprint density at radius 1 is 1.12 bits per heavy atom. The zero-order valence-corrected chi connectivity index (χ0v) is 13.4. The number of carbonyl (C=O) groups is 3. The second-order valence-corrected chi connectivity index (χ2v) is 4.39. The van der Waals surface area contributed by atoms with Gasteiger partial charge in [-0.2, -0.15) is 0 Å². The van der Waals surface area contributed by atoms with Crippen molar-refractivity contribution in [3.05, 3.63) is 29.8 Å². The molecule has 0 heterocycles. The molecule has 0 aliphatic heterocycles. The number of carbonyl (C=O) groups excluding carboxylic acids is 3. The number of oxime groups is 1. The van der Waals surface area contributed by atoms with Crippen LogP contribution in [0.1, 0.15) is 5.56 Å². The zero-order chi connectivity index (χ0) is 17.8. The van der Waals surface area contributed by atoms with Crippen LogP contribution in [-0.2, 0) is 24.0 Å². The highest BCUT2D eigenvalue weighted by Gasteiger charge is 2.08. The van der Waals surface area contributed by atoms with Gasteiger partial charge in [0, 0.05) is 7.05 Å². The fourth-order valence-electron chi connectivity index (χ4n) is 1.38. The summed E-state index contributed by atoms with van der Waals surface area (Å²) in [5.74, 6) is -0.983. The molecule has 0 bridgehead atoms. The summed E-state index contributed by atoms with van der Waals surface area (Å²) in [6, 6.07) is 7.04. The molecule has 1 rings (SSSR count). The Balaban J connectivity index is 2.20. The molecule has 0 fully saturated rings. The van der Waals surface area contributed by atoms with E-state index in [4.69, 9.17) is 9.57 Å². The minimum atomic E-state index is -0.753. The van der Waals surface area contributed by atoms with Crippen LogP contribution in [0.2, 0.25) is 0 Å². The summed E-state index contributed by atoms with van der Waals surface area (Å²) in [5, 5.41) is 8.23. The van der Waals surface area contributed by atoms with Gasteiger partial charge in [0.15, 0.2) is 6.61 Å². The first-order chi connectivity index (χ1) is 11.5. The molecule has 0 unspecified atom stereocenters. The number of hydrogen-bond donors (Lipinski definition) is 2. The van der Waals surface area contributed by atoms with Gasteiger partial charge in [0.05, 0.1) is 19.9 Å². The first-order valence-corrected chi connectivity index (χ1v) is 6.97. The molecule has 9 nitrogen and oxygen atoms in total. The maximum atomic E-state index is 11.3. The average Bonchev–Trinajstić information content (AvgIpc) is 2.61. The van der Waals surface area contributed by atoms with E-state index in [9.17, 15) is 14.4 Å². The molecule has 9 heteroatoms. The molecule has 0 radical (unpaired) electrons. The topological polar surface area (TPSA) is 115 Å². The highest BCUT2D eigenvalue weighted by molar-refractivity contribution is 5.86. The maximum Gasteiger partial charge on any atom is 0.347 e. The van der Waals surface area contributed by atoms with Gasteiger partial charge in [-0.1, -0.05) is 5.16 Å². The summed E-state index contributed by atoms with van der Waals surface area (Å²) in [5.41, 5.74) is 0.762. The van der Waals surface area contributed by atoms with Crippen LogP contribution in [0.3, 0.4) is 0 Å². The van der Waals surface area contributed by atoms with Crippen LogP contribution in [0, 0.1) is 0 Å². The van der Waals surface area contributed by atoms with Crippen LogP contribution in [0.25, 0.3) is 0 Å². The molecule has 2 N–H and O–H groups in total. The van der Waals surface area contributed by atoms with Crippen molar-refractivity contribution >= 4 is 24.0 Å². The molecule has 0 saturated carbocycles. The van der Waals surface area contributed by atoms with Crippen LogP contribution in [0.5, 0.6) is 5.75 Å². The average molecular weight is 337 g/mol. The summed E-state index contributed by atoms with van der Waals surface area (Å²) >= 11 is 0. The number of ether oxygens (including phenoxy) is 2. The normalized spacial score (nSPS) is 10.1. The van der Waals surface area contributed by atoms with Gasteiger partial charge in [-0.15, -0.1) is 0 Å². The lowest BCUT2D eigenvalue weighted by molar-refractivity contribution is -0.152. The SMILES string of the molecule is CNC(=O)CNC(=O)COC(=O)CO/N=C\c1ccc(OC)cc1. The lowest BCUT2D eigenvalue weighted by atomic mass is 10.2. The second kappa shape index (κ2) is 10.6. The van der Waals surface area contributed by atoms with Gasteiger partial charge in [-0.05, 0) is 29.8 Å². The molecule has 1 aromatic rings. The number of methoxy groups -OCH3 is 1. The fraction of sp³-hybridized carbons (Fsp3) is 0.333. The summed E-state index contributed by atoms with van der Waals surface area (Å²) in [6.07, 6.45) is 1.42. The van der Waals surface area contributed by atoms with Crippen molar-refractivity contribution in [2.45, 2.75) is 0 Å². The third kappa shape index (κ3) is 7.78. The van der Waals surface area contributed by atoms with Gasteiger partial charge < -0.3 is 24.9 Å². The Kier molecular flexibility index (Phi) is 8.37. The van der Waals surface area contributed by atoms with Crippen molar-refractivity contribution in [2.75, 3.05) is 33.9 Å². The Morgan fingerprint density at radius 2 is 1.83 bits per heavy atom. The summed E-state index contributed by atoms with van der Waals surface area (Å²) in [7, 11) is 3.01. The van der Waals surface area contributed by atoms with Crippen LogP contribution in [0.15, 0.2) is 29.4 Å². The summed E-state index contributed by atoms with van der Waals surface area (Å²) in [6.45, 7) is -1.12. The lowest BCUT2D eigenvalue weighted by Gasteiger charge is -2.05. The standard InChI is InChI=1S/C15H19N3O6/c1-16-13(19)8-17-14(20)9-23-15(21)10-24-18-7-11-3-5-12(22-2)6-4-11/h3-7H,8-10H2,1-2H3,(H,16,19)(H,17,20)/b18-7-. The Bertz CT molecular complexity index is 585. The molecule has 2 amide bonds. The van der Waals surface area contributed by atoms with E-state index in [1.165, 1.54) is 13.3 Å². The number of rotatable bonds is 9. The van der Waals surface area contributed by atoms with E-state index in [2.05, 4.69) is 20.5 Å². The summed E-state index contributed by atoms with van der Waals surface area (Å²) < 4.78 is 9.67. The number of nitrogens with zero attached hydrogens (tertiary/aromatic N) is 1. The molecule has 0 aliphatic carbocycles. The molecule has 1 aromatic carbocycles. The third-order valence-corrected chi connectivity index (χ3v) is 2.66. The molecule has 0 aromatic heterocycles. The van der Waals surface area contributed by atoms with E-state index in [-0.39, 0.29) is 12.5 Å². The highest BCUT2D eigenvalue weighted by Crippen LogP contribution is 2.09. The summed E-state index contributed by atoms with van der Waals surface area (Å²) in [4.78, 5) is 38.3. The molecule has 24 heavy (non-hydrogen) atoms. The molecule has 130 valence electrons. The first-order valence-electron chi connectivity index (χ1n) is 6.97. The van der Waals surface area contributed by atoms with E-state index in [1.54, 1.807) is 31.4 Å². The Morgan fingerprint density at radius 3 is 2.46 bits per heavy atom. The van der Waals surface area contributed by atoms with E-state index >= 15 is 0 Å². The molecule has 0 spiro atoms. The van der Waals surface area contributed by atoms with Crippen molar-refractivity contribution in [3.63, 3.8) is 0 Å². The van der Waals surface area contributed by atoms with Crippen LogP contribution in [0.4, 0.5) is 0 Å². The number of esters is 1. The van der Waals surface area contributed by atoms with E-state index < -0.39 is 25.1 Å². The van der Waals surface area contributed by atoms with Crippen molar-refractivity contribution < 1.29 is 28.7 Å². The predicted molar refractivity (Wildman–Crippen MR) is 84.6 cm³/mol. The Labute approximate surface area is 138 Å². The van der Waals surface area contributed by atoms with Crippen LogP contribution < -0.4 is 15.4 Å². The molecule has 0 atom stereocenters. The molecule has 0 aliphatic rings. The minimum absolute atomic E-state index is 0.185. The van der Waals surface area contributed by atoms with Gasteiger partial charge in [0.1, 0.15) is 5.75 Å². The number of benzene rings is 1. The van der Waals surface area contributed by atoms with Gasteiger partial charge in [0.2, 0.25) is 12.5 Å². The second-order valence-electron chi connectivity index (χ2n) is 4.39. The molecular formula is C15H19N3O6. The minimum Gasteiger partial charge on any atom is -0.497 e. The Hall–Kier alpha value is -3.10.